The van der Waals surface area contributed by atoms with E-state index in [0.717, 1.165) is 28.0 Å². The average molecular weight is 407 g/mol. The topological polar surface area (TPSA) is 87.7 Å². The molecule has 2 N–H and O–H groups in total. The highest BCUT2D eigenvalue weighted by atomic mass is 32.2. The first-order valence-corrected chi connectivity index (χ1v) is 10.8. The number of sulfonamides is 1. The lowest BCUT2D eigenvalue weighted by molar-refractivity contribution is 0.502. The van der Waals surface area contributed by atoms with Crippen molar-refractivity contribution in [2.75, 3.05) is 6.54 Å². The van der Waals surface area contributed by atoms with Crippen LogP contribution in [-0.4, -0.2) is 29.9 Å². The number of fused-ring (bicyclic) bond motifs is 1. The monoisotopic (exact) mass is 406 g/mol. The van der Waals surface area contributed by atoms with Crippen molar-refractivity contribution in [2.45, 2.75) is 24.2 Å². The van der Waals surface area contributed by atoms with Gasteiger partial charge in [0.05, 0.1) is 15.9 Å². The molecule has 0 aliphatic rings. The maximum atomic E-state index is 12.6. The Balaban J connectivity index is 1.58. The third kappa shape index (κ3) is 4.06. The molecule has 0 saturated heterocycles. The Morgan fingerprint density at radius 1 is 1.00 bits per heavy atom. The second-order valence-electron chi connectivity index (χ2n) is 7.57. The van der Waals surface area contributed by atoms with Gasteiger partial charge in [-0.3, -0.25) is 4.98 Å². The van der Waals surface area contributed by atoms with Crippen molar-refractivity contribution in [1.29, 1.82) is 0 Å². The highest BCUT2D eigenvalue weighted by molar-refractivity contribution is 7.89. The Morgan fingerprint density at radius 3 is 2.45 bits per heavy atom. The molecule has 6 nitrogen and oxygen atoms in total. The SMILES string of the molecule is CC(C)(CNS(=O)(=O)c1ccccc1)c1ccc2nc(-c3ccncc3)[nH]c2c1. The normalized spacial score (nSPS) is 12.3. The molecule has 0 saturated carbocycles. The Morgan fingerprint density at radius 2 is 1.72 bits per heavy atom. The van der Waals surface area contributed by atoms with E-state index in [1.807, 2.05) is 44.2 Å². The fraction of sp³-hybridized carbons (Fsp3) is 0.182. The van der Waals surface area contributed by atoms with E-state index in [2.05, 4.69) is 19.7 Å². The van der Waals surface area contributed by atoms with Crippen molar-refractivity contribution in [3.63, 3.8) is 0 Å². The summed E-state index contributed by atoms with van der Waals surface area (Å²) >= 11 is 0. The Bertz CT molecular complexity index is 1230. The molecule has 0 fully saturated rings. The van der Waals surface area contributed by atoms with Gasteiger partial charge in [0.15, 0.2) is 0 Å². The third-order valence-electron chi connectivity index (χ3n) is 4.97. The molecule has 4 aromatic rings. The second kappa shape index (κ2) is 7.42. The number of rotatable bonds is 6. The number of imidazole rings is 1. The van der Waals surface area contributed by atoms with Crippen LogP contribution in [0.2, 0.25) is 0 Å². The van der Waals surface area contributed by atoms with E-state index in [0.29, 0.717) is 0 Å². The maximum Gasteiger partial charge on any atom is 0.240 e. The number of aromatic amines is 1. The van der Waals surface area contributed by atoms with Crippen LogP contribution < -0.4 is 4.72 Å². The van der Waals surface area contributed by atoms with Crippen molar-refractivity contribution < 1.29 is 8.42 Å². The molecule has 0 amide bonds. The highest BCUT2D eigenvalue weighted by Crippen LogP contribution is 2.27. The summed E-state index contributed by atoms with van der Waals surface area (Å²) in [6.45, 7) is 4.31. The molecular formula is C22H22N4O2S. The lowest BCUT2D eigenvalue weighted by Gasteiger charge is -2.25. The molecular weight excluding hydrogens is 384 g/mol. The van der Waals surface area contributed by atoms with E-state index in [-0.39, 0.29) is 11.4 Å². The molecule has 0 bridgehead atoms. The Kier molecular flexibility index (Phi) is 4.94. The van der Waals surface area contributed by atoms with Crippen LogP contribution in [0.15, 0.2) is 78.0 Å². The zero-order valence-corrected chi connectivity index (χ0v) is 17.1. The van der Waals surface area contributed by atoms with Crippen molar-refractivity contribution in [1.82, 2.24) is 19.7 Å². The molecule has 0 spiro atoms. The molecule has 29 heavy (non-hydrogen) atoms. The van der Waals surface area contributed by atoms with E-state index >= 15 is 0 Å². The largest absolute Gasteiger partial charge is 0.338 e. The summed E-state index contributed by atoms with van der Waals surface area (Å²) in [5, 5.41) is 0. The minimum Gasteiger partial charge on any atom is -0.338 e. The van der Waals surface area contributed by atoms with Crippen LogP contribution in [0.25, 0.3) is 22.4 Å². The Labute approximate surface area is 170 Å². The van der Waals surface area contributed by atoms with Gasteiger partial charge in [-0.1, -0.05) is 38.1 Å². The van der Waals surface area contributed by atoms with Crippen LogP contribution in [0.5, 0.6) is 0 Å². The van der Waals surface area contributed by atoms with Gasteiger partial charge in [-0.15, -0.1) is 0 Å². The Hall–Kier alpha value is -3.03. The molecule has 0 radical (unpaired) electrons. The van der Waals surface area contributed by atoms with Gasteiger partial charge in [0.2, 0.25) is 10.0 Å². The van der Waals surface area contributed by atoms with Crippen LogP contribution in [0, 0.1) is 0 Å². The standard InChI is InChI=1S/C22H22N4O2S/c1-22(2,15-24-29(27,28)18-6-4-3-5-7-18)17-8-9-19-20(14-17)26-21(25-19)16-10-12-23-13-11-16/h3-14,24H,15H2,1-2H3,(H,25,26). The van der Waals surface area contributed by atoms with Gasteiger partial charge in [-0.25, -0.2) is 18.1 Å². The first-order valence-electron chi connectivity index (χ1n) is 9.31. The number of hydrogen-bond acceptors (Lipinski definition) is 4. The van der Waals surface area contributed by atoms with Gasteiger partial charge in [-0.05, 0) is 42.0 Å². The molecule has 0 aliphatic carbocycles. The average Bonchev–Trinajstić information content (AvgIpc) is 3.17. The van der Waals surface area contributed by atoms with Crippen molar-refractivity contribution in [2.24, 2.45) is 0 Å². The van der Waals surface area contributed by atoms with Gasteiger partial charge in [-0.2, -0.15) is 0 Å². The summed E-state index contributed by atoms with van der Waals surface area (Å²) in [5.74, 6) is 0.780. The maximum absolute atomic E-state index is 12.6. The van der Waals surface area contributed by atoms with Crippen molar-refractivity contribution >= 4 is 21.1 Å². The number of nitrogens with one attached hydrogen (secondary N) is 2. The number of pyridine rings is 1. The quantitative estimate of drug-likeness (QED) is 0.509. The van der Waals surface area contributed by atoms with Crippen molar-refractivity contribution in [3.05, 3.63) is 78.6 Å². The molecule has 4 rings (SSSR count). The lowest BCUT2D eigenvalue weighted by Crippen LogP contribution is -2.36. The number of aromatic nitrogens is 3. The van der Waals surface area contributed by atoms with E-state index in [1.54, 1.807) is 42.7 Å². The number of H-pyrrole nitrogens is 1. The molecule has 0 atom stereocenters. The third-order valence-corrected chi connectivity index (χ3v) is 6.39. The molecule has 2 aromatic heterocycles. The van der Waals surface area contributed by atoms with Gasteiger partial charge in [0.25, 0.3) is 0 Å². The van der Waals surface area contributed by atoms with Crippen molar-refractivity contribution in [3.8, 4) is 11.4 Å². The van der Waals surface area contributed by atoms with E-state index < -0.39 is 15.4 Å². The fourth-order valence-electron chi connectivity index (χ4n) is 3.14. The summed E-state index contributed by atoms with van der Waals surface area (Å²) in [7, 11) is -3.55. The molecule has 0 unspecified atom stereocenters. The van der Waals surface area contributed by atoms with E-state index in [4.69, 9.17) is 0 Å². The second-order valence-corrected chi connectivity index (χ2v) is 9.34. The number of nitrogens with zero attached hydrogens (tertiary/aromatic N) is 2. The van der Waals surface area contributed by atoms with Gasteiger partial charge in [0, 0.05) is 29.9 Å². The van der Waals surface area contributed by atoms with Gasteiger partial charge >= 0.3 is 0 Å². The molecule has 2 heterocycles. The van der Waals surface area contributed by atoms with Crippen LogP contribution in [0.4, 0.5) is 0 Å². The van der Waals surface area contributed by atoms with Crippen LogP contribution in [-0.2, 0) is 15.4 Å². The summed E-state index contributed by atoms with van der Waals surface area (Å²) in [6, 6.07) is 18.2. The highest BCUT2D eigenvalue weighted by Gasteiger charge is 2.25. The predicted molar refractivity (Wildman–Crippen MR) is 114 cm³/mol. The van der Waals surface area contributed by atoms with Crippen LogP contribution in [0.1, 0.15) is 19.4 Å². The summed E-state index contributed by atoms with van der Waals surface area (Å²) in [4.78, 5) is 12.3. The zero-order valence-electron chi connectivity index (χ0n) is 16.3. The number of hydrogen-bond donors (Lipinski definition) is 2. The molecule has 148 valence electrons. The predicted octanol–water partition coefficient (Wildman–Crippen LogP) is 3.88. The summed E-state index contributed by atoms with van der Waals surface area (Å²) in [5.41, 5.74) is 3.35. The lowest BCUT2D eigenvalue weighted by atomic mass is 9.85. The molecule has 0 aliphatic heterocycles. The van der Waals surface area contributed by atoms with E-state index in [9.17, 15) is 8.42 Å². The minimum atomic E-state index is -3.55. The van der Waals surface area contributed by atoms with Gasteiger partial charge < -0.3 is 4.98 Å². The first-order chi connectivity index (χ1) is 13.9. The smallest absolute Gasteiger partial charge is 0.240 e. The van der Waals surface area contributed by atoms with Crippen LogP contribution >= 0.6 is 0 Å². The fourth-order valence-corrected chi connectivity index (χ4v) is 4.37. The first kappa shape index (κ1) is 19.3. The van der Waals surface area contributed by atoms with Gasteiger partial charge in [0.1, 0.15) is 5.82 Å². The molecule has 7 heteroatoms. The zero-order chi connectivity index (χ0) is 20.5. The summed E-state index contributed by atoms with van der Waals surface area (Å²) in [6.07, 6.45) is 3.46. The van der Waals surface area contributed by atoms with Crippen LogP contribution in [0.3, 0.4) is 0 Å². The number of benzene rings is 2. The minimum absolute atomic E-state index is 0.266. The molecule has 2 aromatic carbocycles. The summed E-state index contributed by atoms with van der Waals surface area (Å²) < 4.78 is 27.8. The van der Waals surface area contributed by atoms with E-state index in [1.165, 1.54) is 0 Å².